The molecule has 1 saturated heterocycles. The van der Waals surface area contributed by atoms with Gasteiger partial charge in [0, 0.05) is 13.1 Å². The third-order valence-electron chi connectivity index (χ3n) is 3.47. The number of benzene rings is 1. The molecule has 1 N–H and O–H groups in total. The van der Waals surface area contributed by atoms with Crippen molar-refractivity contribution in [2.45, 2.75) is 12.8 Å². The van der Waals surface area contributed by atoms with Crippen molar-refractivity contribution in [1.29, 1.82) is 5.26 Å². The first-order valence-electron chi connectivity index (χ1n) is 7.11. The predicted octanol–water partition coefficient (Wildman–Crippen LogP) is 2.10. The molecule has 7 heteroatoms. The van der Waals surface area contributed by atoms with Crippen molar-refractivity contribution in [3.05, 3.63) is 30.1 Å². The van der Waals surface area contributed by atoms with E-state index in [-0.39, 0.29) is 5.82 Å². The summed E-state index contributed by atoms with van der Waals surface area (Å²) < 4.78 is 5.30. The molecule has 1 aliphatic rings. The van der Waals surface area contributed by atoms with Gasteiger partial charge < -0.3 is 15.0 Å². The second-order valence-electron chi connectivity index (χ2n) is 4.91. The Bertz CT molecular complexity index is 705. The number of nitrogens with one attached hydrogen (secondary N) is 1. The van der Waals surface area contributed by atoms with Crippen molar-refractivity contribution in [2.24, 2.45) is 0 Å². The van der Waals surface area contributed by atoms with Gasteiger partial charge in [-0.05, 0) is 25.0 Å². The molecule has 1 aromatic heterocycles. The first-order chi connectivity index (χ1) is 10.8. The predicted molar refractivity (Wildman–Crippen MR) is 82.3 cm³/mol. The minimum absolute atomic E-state index is 0.106. The van der Waals surface area contributed by atoms with Crippen molar-refractivity contribution in [3.63, 3.8) is 0 Å². The third kappa shape index (κ3) is 2.91. The fourth-order valence-electron chi connectivity index (χ4n) is 2.40. The van der Waals surface area contributed by atoms with Gasteiger partial charge in [0.1, 0.15) is 11.8 Å². The van der Waals surface area contributed by atoms with E-state index in [0.29, 0.717) is 17.6 Å². The molecule has 0 saturated carbocycles. The molecule has 2 aromatic rings. The number of para-hydroxylation sites is 2. The number of rotatable bonds is 4. The Balaban J connectivity index is 1.92. The Morgan fingerprint density at radius 1 is 1.18 bits per heavy atom. The van der Waals surface area contributed by atoms with E-state index in [9.17, 15) is 0 Å². The van der Waals surface area contributed by atoms with Gasteiger partial charge in [-0.15, -0.1) is 0 Å². The van der Waals surface area contributed by atoms with Crippen molar-refractivity contribution < 1.29 is 4.74 Å². The van der Waals surface area contributed by atoms with E-state index in [1.54, 1.807) is 7.11 Å². The van der Waals surface area contributed by atoms with E-state index < -0.39 is 0 Å². The minimum atomic E-state index is 0.106. The Hall–Kier alpha value is -2.88. The third-order valence-corrected chi connectivity index (χ3v) is 3.47. The number of aromatic nitrogens is 3. The van der Waals surface area contributed by atoms with Crippen molar-refractivity contribution in [1.82, 2.24) is 15.0 Å². The molecule has 0 aliphatic carbocycles. The van der Waals surface area contributed by atoms with Crippen molar-refractivity contribution in [2.75, 3.05) is 30.4 Å². The Kier molecular flexibility index (Phi) is 4.01. The van der Waals surface area contributed by atoms with Gasteiger partial charge in [0.05, 0.1) is 12.8 Å². The molecule has 3 rings (SSSR count). The molecule has 0 radical (unpaired) electrons. The van der Waals surface area contributed by atoms with Crippen LogP contribution in [0.3, 0.4) is 0 Å². The van der Waals surface area contributed by atoms with Crippen LogP contribution in [0.1, 0.15) is 18.7 Å². The van der Waals surface area contributed by atoms with Gasteiger partial charge in [-0.2, -0.15) is 20.2 Å². The van der Waals surface area contributed by atoms with E-state index in [4.69, 9.17) is 10.00 Å². The fourth-order valence-corrected chi connectivity index (χ4v) is 2.40. The number of anilines is 3. The van der Waals surface area contributed by atoms with Crippen LogP contribution >= 0.6 is 0 Å². The Morgan fingerprint density at radius 2 is 1.95 bits per heavy atom. The highest BCUT2D eigenvalue weighted by Gasteiger charge is 2.17. The van der Waals surface area contributed by atoms with Crippen LogP contribution in [0.25, 0.3) is 0 Å². The summed E-state index contributed by atoms with van der Waals surface area (Å²) in [6.45, 7) is 1.81. The lowest BCUT2D eigenvalue weighted by atomic mass is 10.3. The van der Waals surface area contributed by atoms with E-state index in [0.717, 1.165) is 31.6 Å². The van der Waals surface area contributed by atoms with Gasteiger partial charge in [-0.1, -0.05) is 12.1 Å². The quantitative estimate of drug-likeness (QED) is 0.924. The average molecular weight is 296 g/mol. The SMILES string of the molecule is COc1ccccc1Nc1nc(C#N)nc(N2CCCC2)n1. The summed E-state index contributed by atoms with van der Waals surface area (Å²) in [6, 6.07) is 9.46. The molecular weight excluding hydrogens is 280 g/mol. The molecule has 1 aromatic carbocycles. The van der Waals surface area contributed by atoms with Crippen molar-refractivity contribution in [3.8, 4) is 11.8 Å². The minimum Gasteiger partial charge on any atom is -0.495 e. The lowest BCUT2D eigenvalue weighted by Crippen LogP contribution is -2.21. The maximum absolute atomic E-state index is 9.12. The molecule has 2 heterocycles. The Labute approximate surface area is 128 Å². The molecule has 7 nitrogen and oxygen atoms in total. The van der Waals surface area contributed by atoms with Gasteiger partial charge in [0.2, 0.25) is 17.7 Å². The number of nitriles is 1. The molecule has 0 amide bonds. The van der Waals surface area contributed by atoms with Crippen LogP contribution in [0, 0.1) is 11.3 Å². The van der Waals surface area contributed by atoms with Crippen LogP contribution in [0.5, 0.6) is 5.75 Å². The summed E-state index contributed by atoms with van der Waals surface area (Å²) in [6.07, 6.45) is 2.23. The maximum atomic E-state index is 9.12. The molecule has 0 unspecified atom stereocenters. The van der Waals surface area contributed by atoms with Gasteiger partial charge >= 0.3 is 0 Å². The second kappa shape index (κ2) is 6.26. The number of nitrogens with zero attached hydrogens (tertiary/aromatic N) is 5. The highest BCUT2D eigenvalue weighted by Crippen LogP contribution is 2.26. The number of ether oxygens (including phenoxy) is 1. The van der Waals surface area contributed by atoms with E-state index in [2.05, 4.69) is 25.2 Å². The van der Waals surface area contributed by atoms with Gasteiger partial charge in [0.15, 0.2) is 0 Å². The smallest absolute Gasteiger partial charge is 0.238 e. The number of hydrogen-bond donors (Lipinski definition) is 1. The van der Waals surface area contributed by atoms with Crippen LogP contribution in [-0.4, -0.2) is 35.2 Å². The maximum Gasteiger partial charge on any atom is 0.238 e. The lowest BCUT2D eigenvalue weighted by molar-refractivity contribution is 0.417. The van der Waals surface area contributed by atoms with E-state index in [1.165, 1.54) is 0 Å². The van der Waals surface area contributed by atoms with Crippen LogP contribution < -0.4 is 15.0 Å². The lowest BCUT2D eigenvalue weighted by Gasteiger charge is -2.16. The normalized spacial score (nSPS) is 13.7. The highest BCUT2D eigenvalue weighted by molar-refractivity contribution is 5.63. The van der Waals surface area contributed by atoms with Crippen LogP contribution in [0.2, 0.25) is 0 Å². The zero-order valence-electron chi connectivity index (χ0n) is 12.3. The largest absolute Gasteiger partial charge is 0.495 e. The summed E-state index contributed by atoms with van der Waals surface area (Å²) in [5.41, 5.74) is 0.743. The average Bonchev–Trinajstić information content (AvgIpc) is 3.09. The van der Waals surface area contributed by atoms with Gasteiger partial charge in [0.25, 0.3) is 0 Å². The van der Waals surface area contributed by atoms with Crippen LogP contribution in [0.4, 0.5) is 17.6 Å². The zero-order chi connectivity index (χ0) is 15.4. The summed E-state index contributed by atoms with van der Waals surface area (Å²) in [5.74, 6) is 1.68. The molecular formula is C15H16N6O. The molecule has 22 heavy (non-hydrogen) atoms. The summed E-state index contributed by atoms with van der Waals surface area (Å²) in [5, 5.41) is 12.2. The topological polar surface area (TPSA) is 87.0 Å². The number of methoxy groups -OCH3 is 1. The first kappa shape index (κ1) is 14.1. The van der Waals surface area contributed by atoms with Crippen molar-refractivity contribution >= 4 is 17.6 Å². The molecule has 0 atom stereocenters. The summed E-state index contributed by atoms with van der Waals surface area (Å²) in [7, 11) is 1.60. The van der Waals surface area contributed by atoms with Crippen LogP contribution in [0.15, 0.2) is 24.3 Å². The van der Waals surface area contributed by atoms with Crippen LogP contribution in [-0.2, 0) is 0 Å². The molecule has 0 bridgehead atoms. The molecule has 1 aliphatic heterocycles. The summed E-state index contributed by atoms with van der Waals surface area (Å²) in [4.78, 5) is 14.8. The van der Waals surface area contributed by atoms with E-state index >= 15 is 0 Å². The van der Waals surface area contributed by atoms with Gasteiger partial charge in [-0.25, -0.2) is 0 Å². The number of hydrogen-bond acceptors (Lipinski definition) is 7. The summed E-state index contributed by atoms with van der Waals surface area (Å²) >= 11 is 0. The second-order valence-corrected chi connectivity index (χ2v) is 4.91. The molecule has 112 valence electrons. The Morgan fingerprint density at radius 3 is 2.68 bits per heavy atom. The van der Waals surface area contributed by atoms with E-state index in [1.807, 2.05) is 30.3 Å². The standard InChI is InChI=1S/C15H16N6O/c1-22-12-7-3-2-6-11(12)17-14-18-13(10-16)19-15(20-14)21-8-4-5-9-21/h2-3,6-7H,4-5,8-9H2,1H3,(H,17,18,19,20). The fraction of sp³-hybridized carbons (Fsp3) is 0.333. The molecule has 1 fully saturated rings. The highest BCUT2D eigenvalue weighted by atomic mass is 16.5. The van der Waals surface area contributed by atoms with Gasteiger partial charge in [-0.3, -0.25) is 0 Å². The first-order valence-corrected chi connectivity index (χ1v) is 7.11. The molecule has 0 spiro atoms. The zero-order valence-corrected chi connectivity index (χ0v) is 12.3. The monoisotopic (exact) mass is 296 g/mol.